The Labute approximate surface area is 123 Å². The quantitative estimate of drug-likeness (QED) is 0.571. The molecule has 0 bridgehead atoms. The second-order valence-corrected chi connectivity index (χ2v) is 6.20. The molecule has 118 valence electrons. The summed E-state index contributed by atoms with van der Waals surface area (Å²) in [5.74, 6) is -0.590. The van der Waals surface area contributed by atoms with E-state index in [0.717, 1.165) is 12.8 Å². The third-order valence-electron chi connectivity index (χ3n) is 3.82. The van der Waals surface area contributed by atoms with E-state index in [4.69, 9.17) is 9.47 Å². The Bertz CT molecular complexity index is 322. The van der Waals surface area contributed by atoms with Crippen LogP contribution in [0.2, 0.25) is 0 Å². The van der Waals surface area contributed by atoms with Crippen molar-refractivity contribution in [2.45, 2.75) is 73.3 Å². The molecule has 0 spiro atoms. The predicted octanol–water partition coefficient (Wildman–Crippen LogP) is 3.72. The van der Waals surface area contributed by atoms with Gasteiger partial charge in [0.15, 0.2) is 0 Å². The van der Waals surface area contributed by atoms with Crippen LogP contribution in [0.25, 0.3) is 0 Å². The average molecular weight is 286 g/mol. The largest absolute Gasteiger partial charge is 0.466 e. The first kappa shape index (κ1) is 18.9. The molecule has 0 aromatic rings. The maximum absolute atomic E-state index is 11.6. The summed E-state index contributed by atoms with van der Waals surface area (Å²) in [5, 5.41) is 0. The molecule has 2 atom stereocenters. The number of carbonyl (C=O) groups excluding carboxylic acids is 2. The van der Waals surface area contributed by atoms with E-state index in [1.165, 1.54) is 12.8 Å². The van der Waals surface area contributed by atoms with Gasteiger partial charge in [0.1, 0.15) is 12.5 Å². The van der Waals surface area contributed by atoms with Crippen molar-refractivity contribution in [1.82, 2.24) is 0 Å². The normalized spacial score (nSPS) is 22.3. The Morgan fingerprint density at radius 2 is 1.95 bits per heavy atom. The van der Waals surface area contributed by atoms with Gasteiger partial charge in [0.25, 0.3) is 0 Å². The highest BCUT2D eigenvalue weighted by molar-refractivity contribution is 5.91. The van der Waals surface area contributed by atoms with Gasteiger partial charge in [-0.05, 0) is 44.4 Å². The molecule has 1 fully saturated rings. The third kappa shape index (κ3) is 6.40. The highest BCUT2D eigenvalue weighted by atomic mass is 16.6. The average Bonchev–Trinajstić information content (AvgIpc) is 2.27. The topological polar surface area (TPSA) is 52.6 Å². The zero-order valence-corrected chi connectivity index (χ0v) is 12.5. The second kappa shape index (κ2) is 8.28. The van der Waals surface area contributed by atoms with Crippen LogP contribution in [0, 0.1) is 11.3 Å². The molecule has 1 aliphatic rings. The van der Waals surface area contributed by atoms with Crippen molar-refractivity contribution in [3.8, 4) is 0 Å². The minimum Gasteiger partial charge on any atom is -0.466 e. The van der Waals surface area contributed by atoms with Crippen LogP contribution in [0.1, 0.15) is 67.2 Å². The first-order chi connectivity index (χ1) is 8.84. The Morgan fingerprint density at radius 1 is 1.30 bits per heavy atom. The monoisotopic (exact) mass is 286 g/mol. The van der Waals surface area contributed by atoms with Crippen LogP contribution in [0.5, 0.6) is 0 Å². The number of hydrogen-bond donors (Lipinski definition) is 0. The van der Waals surface area contributed by atoms with Crippen LogP contribution < -0.4 is 0 Å². The number of hydrogen-bond acceptors (Lipinski definition) is 4. The van der Waals surface area contributed by atoms with E-state index in [1.54, 1.807) is 6.92 Å². The summed E-state index contributed by atoms with van der Waals surface area (Å²) in [6.45, 7) is 8.45. The molecule has 2 unspecified atom stereocenters. The molecule has 20 heavy (non-hydrogen) atoms. The Hall–Kier alpha value is -1.06. The lowest BCUT2D eigenvalue weighted by molar-refractivity contribution is -0.159. The molecule has 4 heteroatoms. The van der Waals surface area contributed by atoms with Gasteiger partial charge in [-0.15, -0.1) is 0 Å². The maximum Gasteiger partial charge on any atom is 0.317 e. The molecule has 0 aliphatic heterocycles. The lowest BCUT2D eigenvalue weighted by atomic mass is 9.71. The number of carbonyl (C=O) groups is 2. The van der Waals surface area contributed by atoms with Gasteiger partial charge in [-0.2, -0.15) is 0 Å². The molecule has 4 nitrogen and oxygen atoms in total. The van der Waals surface area contributed by atoms with Gasteiger partial charge in [0, 0.05) is 0 Å². The van der Waals surface area contributed by atoms with Gasteiger partial charge in [-0.25, -0.2) is 0 Å². The van der Waals surface area contributed by atoms with Crippen LogP contribution in [0.4, 0.5) is 0 Å². The molecular weight excluding hydrogens is 256 g/mol. The van der Waals surface area contributed by atoms with Crippen molar-refractivity contribution in [1.29, 1.82) is 0 Å². The van der Waals surface area contributed by atoms with Crippen LogP contribution in [0.3, 0.4) is 0 Å². The first-order valence-electron chi connectivity index (χ1n) is 7.19. The van der Waals surface area contributed by atoms with Gasteiger partial charge in [0.05, 0.1) is 6.61 Å². The summed E-state index contributed by atoms with van der Waals surface area (Å²) in [6, 6.07) is 0. The van der Waals surface area contributed by atoms with E-state index in [-0.39, 0.29) is 20.0 Å². The summed E-state index contributed by atoms with van der Waals surface area (Å²) in [6.07, 6.45) is 4.16. The van der Waals surface area contributed by atoms with Crippen LogP contribution >= 0.6 is 0 Å². The van der Waals surface area contributed by atoms with E-state index in [1.807, 2.05) is 6.92 Å². The molecule has 0 saturated heterocycles. The molecule has 0 N–H and O–H groups in total. The van der Waals surface area contributed by atoms with E-state index in [9.17, 15) is 9.59 Å². The standard InChI is InChI=1S/C15H26O4.CH4/c1-5-18-13(16)9-14(17)19-11(2)12-7-6-8-15(3,4)10-12;/h11-12H,5-10H2,1-4H3;1H4. The number of esters is 2. The van der Waals surface area contributed by atoms with Gasteiger partial charge in [-0.1, -0.05) is 27.7 Å². The summed E-state index contributed by atoms with van der Waals surface area (Å²) < 4.78 is 10.1. The molecule has 0 aromatic heterocycles. The number of rotatable bonds is 5. The molecule has 1 aliphatic carbocycles. The van der Waals surface area contributed by atoms with Crippen LogP contribution in [0.15, 0.2) is 0 Å². The van der Waals surface area contributed by atoms with Gasteiger partial charge >= 0.3 is 11.9 Å². The SMILES string of the molecule is C.CCOC(=O)CC(=O)OC(C)C1CCCC(C)(C)C1. The second-order valence-electron chi connectivity index (χ2n) is 6.20. The van der Waals surface area contributed by atoms with Gasteiger partial charge in [0.2, 0.25) is 0 Å². The highest BCUT2D eigenvalue weighted by Crippen LogP contribution is 2.40. The van der Waals surface area contributed by atoms with E-state index < -0.39 is 11.9 Å². The minimum atomic E-state index is -0.510. The zero-order chi connectivity index (χ0) is 14.5. The lowest BCUT2D eigenvalue weighted by Crippen LogP contribution is -2.32. The molecule has 0 radical (unpaired) electrons. The smallest absolute Gasteiger partial charge is 0.317 e. The first-order valence-corrected chi connectivity index (χ1v) is 7.19. The maximum atomic E-state index is 11.6. The fourth-order valence-corrected chi connectivity index (χ4v) is 2.83. The predicted molar refractivity (Wildman–Crippen MR) is 79.3 cm³/mol. The van der Waals surface area contributed by atoms with Crippen LogP contribution in [-0.2, 0) is 19.1 Å². The Morgan fingerprint density at radius 3 is 2.50 bits per heavy atom. The van der Waals surface area contributed by atoms with E-state index >= 15 is 0 Å². The minimum absolute atomic E-state index is 0. The fourth-order valence-electron chi connectivity index (χ4n) is 2.83. The molecule has 0 aromatic carbocycles. The molecule has 0 amide bonds. The lowest BCUT2D eigenvalue weighted by Gasteiger charge is -2.37. The van der Waals surface area contributed by atoms with E-state index in [0.29, 0.717) is 17.9 Å². The van der Waals surface area contributed by atoms with Crippen molar-refractivity contribution < 1.29 is 19.1 Å². The summed E-state index contributed by atoms with van der Waals surface area (Å²) >= 11 is 0. The van der Waals surface area contributed by atoms with Crippen molar-refractivity contribution in [3.05, 3.63) is 0 Å². The molecule has 1 rings (SSSR count). The van der Waals surface area contributed by atoms with Gasteiger partial charge < -0.3 is 9.47 Å². The molecule has 0 heterocycles. The highest BCUT2D eigenvalue weighted by Gasteiger charge is 2.32. The number of ether oxygens (including phenoxy) is 2. The molecule has 1 saturated carbocycles. The van der Waals surface area contributed by atoms with Crippen molar-refractivity contribution in [3.63, 3.8) is 0 Å². The summed E-state index contributed by atoms with van der Waals surface area (Å²) in [4.78, 5) is 22.8. The zero-order valence-electron chi connectivity index (χ0n) is 12.5. The van der Waals surface area contributed by atoms with E-state index in [2.05, 4.69) is 13.8 Å². The Balaban J connectivity index is 0.00000361. The summed E-state index contributed by atoms with van der Waals surface area (Å²) in [5.41, 5.74) is 0.324. The van der Waals surface area contributed by atoms with Crippen molar-refractivity contribution >= 4 is 11.9 Å². The summed E-state index contributed by atoms with van der Waals surface area (Å²) in [7, 11) is 0. The van der Waals surface area contributed by atoms with Crippen molar-refractivity contribution in [2.24, 2.45) is 11.3 Å². The Kier molecular flexibility index (Phi) is 7.84. The fraction of sp³-hybridized carbons (Fsp3) is 0.875. The van der Waals surface area contributed by atoms with Gasteiger partial charge in [-0.3, -0.25) is 9.59 Å². The third-order valence-corrected chi connectivity index (χ3v) is 3.82. The van der Waals surface area contributed by atoms with Crippen LogP contribution in [-0.4, -0.2) is 24.6 Å². The van der Waals surface area contributed by atoms with Crippen molar-refractivity contribution in [2.75, 3.05) is 6.61 Å². The molecular formula is C16H30O4.